The maximum absolute atomic E-state index is 12.4. The number of rotatable bonds is 10. The molecule has 1 amide bonds. The molecule has 1 N–H and O–H groups in total. The van der Waals surface area contributed by atoms with Crippen LogP contribution in [-0.2, 0) is 13.0 Å². The second kappa shape index (κ2) is 12.4. The molecule has 0 aliphatic rings. The van der Waals surface area contributed by atoms with E-state index in [4.69, 9.17) is 21.1 Å². The van der Waals surface area contributed by atoms with Crippen molar-refractivity contribution in [3.63, 3.8) is 0 Å². The molecule has 0 saturated heterocycles. The molecule has 35 heavy (non-hydrogen) atoms. The minimum Gasteiger partial charge on any atom is -0.490 e. The Morgan fingerprint density at radius 3 is 2.69 bits per heavy atom. The minimum atomic E-state index is -0.404. The number of halogens is 1. The molecule has 0 heterocycles. The molecule has 0 radical (unpaired) electrons. The van der Waals surface area contributed by atoms with Crippen molar-refractivity contribution in [3.8, 4) is 17.6 Å². The first-order valence-corrected chi connectivity index (χ1v) is 11.5. The second-order valence-electron chi connectivity index (χ2n) is 7.67. The highest BCUT2D eigenvalue weighted by atomic mass is 35.5. The zero-order chi connectivity index (χ0) is 25.2. The Kier molecular flexibility index (Phi) is 9.05. The van der Waals surface area contributed by atoms with Crippen molar-refractivity contribution < 1.29 is 14.3 Å². The number of aryl methyl sites for hydroxylation is 1. The third-order valence-electron chi connectivity index (χ3n) is 5.08. The second-order valence-corrected chi connectivity index (χ2v) is 8.08. The average molecular weight is 488 g/mol. The lowest BCUT2D eigenvalue weighted by molar-refractivity contribution is 0.0955. The number of nitrogens with one attached hydrogen (secondary N) is 1. The van der Waals surface area contributed by atoms with Crippen molar-refractivity contribution >= 4 is 23.7 Å². The van der Waals surface area contributed by atoms with Gasteiger partial charge in [-0.25, -0.2) is 5.43 Å². The van der Waals surface area contributed by atoms with Crippen molar-refractivity contribution in [1.82, 2.24) is 5.43 Å². The maximum atomic E-state index is 12.4. The topological polar surface area (TPSA) is 83.7 Å². The van der Waals surface area contributed by atoms with Gasteiger partial charge < -0.3 is 9.47 Å². The molecule has 0 aliphatic carbocycles. The summed E-state index contributed by atoms with van der Waals surface area (Å²) >= 11 is 6.17. The molecular formula is C28H26ClN3O3. The quantitative estimate of drug-likeness (QED) is 0.216. The molecule has 3 aromatic rings. The van der Waals surface area contributed by atoms with Gasteiger partial charge in [-0.3, -0.25) is 4.79 Å². The van der Waals surface area contributed by atoms with Crippen LogP contribution >= 0.6 is 11.6 Å². The minimum absolute atomic E-state index is 0.217. The van der Waals surface area contributed by atoms with E-state index in [1.807, 2.05) is 44.2 Å². The molecule has 178 valence electrons. The lowest BCUT2D eigenvalue weighted by Gasteiger charge is -2.17. The van der Waals surface area contributed by atoms with Crippen molar-refractivity contribution in [2.45, 2.75) is 26.9 Å². The lowest BCUT2D eigenvalue weighted by atomic mass is 10.1. The first kappa shape index (κ1) is 25.5. The van der Waals surface area contributed by atoms with E-state index in [9.17, 15) is 10.1 Å². The van der Waals surface area contributed by atoms with Crippen LogP contribution in [0, 0.1) is 18.3 Å². The van der Waals surface area contributed by atoms with Crippen LogP contribution in [0.5, 0.6) is 11.5 Å². The Morgan fingerprint density at radius 1 is 1.17 bits per heavy atom. The highest BCUT2D eigenvalue weighted by molar-refractivity contribution is 6.33. The first-order valence-electron chi connectivity index (χ1n) is 11.1. The van der Waals surface area contributed by atoms with Gasteiger partial charge in [-0.1, -0.05) is 41.9 Å². The van der Waals surface area contributed by atoms with Crippen LogP contribution in [0.15, 0.2) is 72.4 Å². The van der Waals surface area contributed by atoms with Gasteiger partial charge in [0, 0.05) is 11.1 Å². The summed E-state index contributed by atoms with van der Waals surface area (Å²) < 4.78 is 12.0. The van der Waals surface area contributed by atoms with Gasteiger partial charge in [0.05, 0.1) is 35.0 Å². The maximum Gasteiger partial charge on any atom is 0.272 e. The van der Waals surface area contributed by atoms with Crippen LogP contribution in [0.1, 0.15) is 45.1 Å². The molecule has 3 rings (SSSR count). The van der Waals surface area contributed by atoms with E-state index in [2.05, 4.69) is 23.2 Å². The van der Waals surface area contributed by atoms with Crippen LogP contribution in [0.25, 0.3) is 0 Å². The Bertz CT molecular complexity index is 1300. The molecule has 6 nitrogen and oxygen atoms in total. The summed E-state index contributed by atoms with van der Waals surface area (Å²) in [6.07, 6.45) is 3.83. The van der Waals surface area contributed by atoms with Gasteiger partial charge in [0.2, 0.25) is 0 Å². The van der Waals surface area contributed by atoms with E-state index in [0.717, 1.165) is 16.7 Å². The molecule has 0 fully saturated rings. The van der Waals surface area contributed by atoms with E-state index < -0.39 is 5.91 Å². The summed E-state index contributed by atoms with van der Waals surface area (Å²) in [5.74, 6) is 0.710. The van der Waals surface area contributed by atoms with E-state index >= 15 is 0 Å². The largest absolute Gasteiger partial charge is 0.490 e. The van der Waals surface area contributed by atoms with Gasteiger partial charge in [-0.2, -0.15) is 10.4 Å². The van der Waals surface area contributed by atoms with Crippen LogP contribution in [0.2, 0.25) is 5.02 Å². The molecule has 3 aromatic carbocycles. The number of nitrogens with zero attached hydrogens (tertiary/aromatic N) is 2. The van der Waals surface area contributed by atoms with Crippen LogP contribution < -0.4 is 14.9 Å². The van der Waals surface area contributed by atoms with E-state index in [1.165, 1.54) is 6.21 Å². The fraction of sp³-hybridized carbons (Fsp3) is 0.179. The molecule has 7 heteroatoms. The molecule has 0 aromatic heterocycles. The predicted octanol–water partition coefficient (Wildman–Crippen LogP) is 5.99. The number of hydrogen-bond acceptors (Lipinski definition) is 5. The summed E-state index contributed by atoms with van der Waals surface area (Å²) in [7, 11) is 0. The molecule has 0 bridgehead atoms. The van der Waals surface area contributed by atoms with Crippen molar-refractivity contribution in [2.75, 3.05) is 6.61 Å². The number of carbonyl (C=O) groups excluding carboxylic acids is 1. The first-order chi connectivity index (χ1) is 17.0. The Labute approximate surface area is 210 Å². The predicted molar refractivity (Wildman–Crippen MR) is 138 cm³/mol. The number of ether oxygens (including phenoxy) is 2. The fourth-order valence-corrected chi connectivity index (χ4v) is 3.75. The van der Waals surface area contributed by atoms with Gasteiger partial charge in [-0.15, -0.1) is 6.58 Å². The van der Waals surface area contributed by atoms with Crippen molar-refractivity contribution in [2.24, 2.45) is 5.10 Å². The SMILES string of the molecule is C=CCc1cc(/C=N\NC(=O)c2ccc(C)cc2Cl)cc(OCC)c1OCc1ccccc1C#N. The molecule has 0 atom stereocenters. The lowest BCUT2D eigenvalue weighted by Crippen LogP contribution is -2.18. The Balaban J connectivity index is 1.84. The van der Waals surface area contributed by atoms with Crippen LogP contribution in [0.4, 0.5) is 0 Å². The van der Waals surface area contributed by atoms with E-state index in [-0.39, 0.29) is 6.61 Å². The molecule has 0 unspecified atom stereocenters. The monoisotopic (exact) mass is 487 g/mol. The highest BCUT2D eigenvalue weighted by Crippen LogP contribution is 2.34. The van der Waals surface area contributed by atoms with Gasteiger partial charge in [0.15, 0.2) is 11.5 Å². The highest BCUT2D eigenvalue weighted by Gasteiger charge is 2.15. The van der Waals surface area contributed by atoms with Crippen LogP contribution in [-0.4, -0.2) is 18.7 Å². The number of allylic oxidation sites excluding steroid dienone is 1. The third kappa shape index (κ3) is 6.72. The zero-order valence-corrected chi connectivity index (χ0v) is 20.4. The molecule has 0 spiro atoms. The smallest absolute Gasteiger partial charge is 0.272 e. The van der Waals surface area contributed by atoms with Crippen molar-refractivity contribution in [3.05, 3.63) is 106 Å². The third-order valence-corrected chi connectivity index (χ3v) is 5.39. The Hall–Kier alpha value is -4.08. The Morgan fingerprint density at radius 2 is 1.97 bits per heavy atom. The van der Waals surface area contributed by atoms with Gasteiger partial charge in [0.25, 0.3) is 5.91 Å². The summed E-state index contributed by atoms with van der Waals surface area (Å²) in [6.45, 7) is 8.27. The van der Waals surface area contributed by atoms with Crippen molar-refractivity contribution in [1.29, 1.82) is 5.26 Å². The zero-order valence-electron chi connectivity index (χ0n) is 19.7. The number of hydrazone groups is 1. The molecular weight excluding hydrogens is 462 g/mol. The molecule has 0 aliphatic heterocycles. The van der Waals surface area contributed by atoms with Gasteiger partial charge >= 0.3 is 0 Å². The number of nitriles is 1. The molecule has 0 saturated carbocycles. The summed E-state index contributed by atoms with van der Waals surface area (Å²) in [4.78, 5) is 12.4. The summed E-state index contributed by atoms with van der Waals surface area (Å²) in [5.41, 5.74) is 6.72. The average Bonchev–Trinajstić information content (AvgIpc) is 2.84. The summed E-state index contributed by atoms with van der Waals surface area (Å²) in [5, 5.41) is 13.8. The van der Waals surface area contributed by atoms with Gasteiger partial charge in [0.1, 0.15) is 6.61 Å². The standard InChI is InChI=1S/C28H26ClN3O3/c1-4-8-21-14-20(17-31-32-28(33)24-12-11-19(3)13-25(24)29)15-26(34-5-2)27(21)35-18-23-10-7-6-9-22(23)16-30/h4,6-7,9-15,17H,1,5,8,18H2,2-3H3,(H,32,33)/b31-17-. The van der Waals surface area contributed by atoms with E-state index in [0.29, 0.717) is 46.2 Å². The van der Waals surface area contributed by atoms with Gasteiger partial charge in [-0.05, 0) is 61.7 Å². The normalized spacial score (nSPS) is 10.6. The van der Waals surface area contributed by atoms with Crippen LogP contribution in [0.3, 0.4) is 0 Å². The number of benzene rings is 3. The number of hydrogen-bond donors (Lipinski definition) is 1. The van der Waals surface area contributed by atoms with E-state index in [1.54, 1.807) is 30.3 Å². The fourth-order valence-electron chi connectivity index (χ4n) is 3.43. The number of amides is 1. The summed E-state index contributed by atoms with van der Waals surface area (Å²) in [6, 6.07) is 18.4. The number of carbonyl (C=O) groups is 1.